The fraction of sp³-hybridized carbons (Fsp3) is 0.0833. The maximum Gasteiger partial charge on any atom is 0.228 e. The third-order valence-corrected chi connectivity index (χ3v) is 3.05. The van der Waals surface area contributed by atoms with Crippen molar-refractivity contribution in [1.29, 1.82) is 0 Å². The summed E-state index contributed by atoms with van der Waals surface area (Å²) in [6.45, 7) is 0. The van der Waals surface area contributed by atoms with E-state index in [0.717, 1.165) is 5.69 Å². The number of benzene rings is 1. The van der Waals surface area contributed by atoms with Crippen LogP contribution in [0.3, 0.4) is 0 Å². The van der Waals surface area contributed by atoms with Crippen LogP contribution in [0.15, 0.2) is 30.5 Å². The van der Waals surface area contributed by atoms with Crippen molar-refractivity contribution in [3.05, 3.63) is 40.8 Å². The third kappa shape index (κ3) is 2.11. The Kier molecular flexibility index (Phi) is 3.00. The predicted molar refractivity (Wildman–Crippen MR) is 73.2 cm³/mol. The van der Waals surface area contributed by atoms with Gasteiger partial charge in [0, 0.05) is 5.02 Å². The summed E-state index contributed by atoms with van der Waals surface area (Å²) in [6, 6.07) is 7.25. The zero-order valence-corrected chi connectivity index (χ0v) is 11.4. The van der Waals surface area contributed by atoms with Crippen LogP contribution in [0.1, 0.15) is 0 Å². The molecule has 0 radical (unpaired) electrons. The van der Waals surface area contributed by atoms with E-state index in [1.165, 1.54) is 7.11 Å². The summed E-state index contributed by atoms with van der Waals surface area (Å²) >= 11 is 11.7. The molecular formula is C12H8Cl2N4O. The smallest absolute Gasteiger partial charge is 0.228 e. The van der Waals surface area contributed by atoms with Gasteiger partial charge in [0.1, 0.15) is 5.39 Å². The second-order valence-corrected chi connectivity index (χ2v) is 4.55. The molecule has 0 saturated heterocycles. The minimum Gasteiger partial charge on any atom is -0.480 e. The lowest BCUT2D eigenvalue weighted by Crippen LogP contribution is -1.99. The van der Waals surface area contributed by atoms with Crippen molar-refractivity contribution in [3.8, 4) is 11.6 Å². The van der Waals surface area contributed by atoms with Crippen molar-refractivity contribution >= 4 is 34.2 Å². The average molecular weight is 295 g/mol. The molecule has 0 amide bonds. The quantitative estimate of drug-likeness (QED) is 0.682. The second kappa shape index (κ2) is 4.68. The maximum atomic E-state index is 5.88. The predicted octanol–water partition coefficient (Wildman–Crippen LogP) is 3.13. The monoisotopic (exact) mass is 294 g/mol. The summed E-state index contributed by atoms with van der Waals surface area (Å²) in [5.74, 6) is 0.398. The molecule has 2 heterocycles. The molecule has 0 atom stereocenters. The molecule has 3 rings (SSSR count). The number of rotatable bonds is 2. The fourth-order valence-electron chi connectivity index (χ4n) is 1.78. The van der Waals surface area contributed by atoms with Crippen LogP contribution in [0, 0.1) is 0 Å². The zero-order chi connectivity index (χ0) is 13.4. The normalized spacial score (nSPS) is 10.9. The lowest BCUT2D eigenvalue weighted by molar-refractivity contribution is 0.402. The second-order valence-electron chi connectivity index (χ2n) is 3.77. The molecule has 7 heteroatoms. The van der Waals surface area contributed by atoms with Gasteiger partial charge in [-0.1, -0.05) is 11.6 Å². The van der Waals surface area contributed by atoms with Crippen LogP contribution in [-0.4, -0.2) is 26.9 Å². The first-order chi connectivity index (χ1) is 9.19. The molecule has 0 bridgehead atoms. The molecule has 0 aliphatic carbocycles. The Labute approximate surface area is 118 Å². The van der Waals surface area contributed by atoms with Crippen molar-refractivity contribution in [1.82, 2.24) is 19.7 Å². The summed E-state index contributed by atoms with van der Waals surface area (Å²) in [7, 11) is 1.53. The largest absolute Gasteiger partial charge is 0.480 e. The molecule has 0 aliphatic rings. The number of fused-ring (bicyclic) bond motifs is 1. The Hall–Kier alpha value is -1.85. The maximum absolute atomic E-state index is 5.88. The van der Waals surface area contributed by atoms with Crippen LogP contribution < -0.4 is 4.74 Å². The fourth-order valence-corrected chi connectivity index (χ4v) is 2.07. The van der Waals surface area contributed by atoms with E-state index >= 15 is 0 Å². The van der Waals surface area contributed by atoms with Crippen LogP contribution in [0.4, 0.5) is 0 Å². The summed E-state index contributed by atoms with van der Waals surface area (Å²) in [4.78, 5) is 8.18. The molecule has 2 aromatic heterocycles. The molecule has 0 unspecified atom stereocenters. The molecule has 0 spiro atoms. The van der Waals surface area contributed by atoms with Crippen LogP contribution in [-0.2, 0) is 0 Å². The standard InChI is InChI=1S/C12H8Cl2N4O/c1-19-11-9-6-15-18(10(9)16-12(14)17-11)8-4-2-7(13)3-5-8/h2-6H,1H3. The lowest BCUT2D eigenvalue weighted by atomic mass is 10.3. The van der Waals surface area contributed by atoms with E-state index in [9.17, 15) is 0 Å². The van der Waals surface area contributed by atoms with E-state index in [0.29, 0.717) is 21.9 Å². The number of aromatic nitrogens is 4. The minimum atomic E-state index is 0.111. The highest BCUT2D eigenvalue weighted by Crippen LogP contribution is 2.25. The van der Waals surface area contributed by atoms with E-state index in [1.807, 2.05) is 12.1 Å². The highest BCUT2D eigenvalue weighted by atomic mass is 35.5. The van der Waals surface area contributed by atoms with Gasteiger partial charge in [0.2, 0.25) is 11.2 Å². The number of halogens is 2. The van der Waals surface area contributed by atoms with Crippen molar-refractivity contribution in [2.24, 2.45) is 0 Å². The number of ether oxygens (including phenoxy) is 1. The molecule has 0 aliphatic heterocycles. The Morgan fingerprint density at radius 3 is 2.53 bits per heavy atom. The van der Waals surface area contributed by atoms with Gasteiger partial charge in [0.25, 0.3) is 0 Å². The van der Waals surface area contributed by atoms with Crippen LogP contribution in [0.2, 0.25) is 10.3 Å². The first kappa shape index (κ1) is 12.2. The van der Waals surface area contributed by atoms with E-state index in [1.54, 1.807) is 23.0 Å². The van der Waals surface area contributed by atoms with Crippen LogP contribution in [0.25, 0.3) is 16.7 Å². The molecular weight excluding hydrogens is 287 g/mol. The zero-order valence-electron chi connectivity index (χ0n) is 9.84. The highest BCUT2D eigenvalue weighted by Gasteiger charge is 2.13. The van der Waals surface area contributed by atoms with Crippen molar-refractivity contribution < 1.29 is 4.74 Å². The van der Waals surface area contributed by atoms with Gasteiger partial charge in [0.05, 0.1) is 19.0 Å². The van der Waals surface area contributed by atoms with Gasteiger partial charge in [0.15, 0.2) is 5.65 Å². The molecule has 0 saturated carbocycles. The van der Waals surface area contributed by atoms with E-state index < -0.39 is 0 Å². The lowest BCUT2D eigenvalue weighted by Gasteiger charge is -2.04. The van der Waals surface area contributed by atoms with Gasteiger partial charge in [-0.05, 0) is 35.9 Å². The van der Waals surface area contributed by atoms with Crippen molar-refractivity contribution in [3.63, 3.8) is 0 Å². The van der Waals surface area contributed by atoms with Crippen molar-refractivity contribution in [2.75, 3.05) is 7.11 Å². The van der Waals surface area contributed by atoms with Gasteiger partial charge in [-0.15, -0.1) is 0 Å². The van der Waals surface area contributed by atoms with E-state index in [-0.39, 0.29) is 5.28 Å². The van der Waals surface area contributed by atoms with Gasteiger partial charge in [-0.3, -0.25) is 0 Å². The number of nitrogens with zero attached hydrogens (tertiary/aromatic N) is 4. The molecule has 1 aromatic carbocycles. The topological polar surface area (TPSA) is 52.8 Å². The van der Waals surface area contributed by atoms with Gasteiger partial charge in [-0.25, -0.2) is 4.68 Å². The summed E-state index contributed by atoms with van der Waals surface area (Å²) < 4.78 is 6.82. The highest BCUT2D eigenvalue weighted by molar-refractivity contribution is 6.30. The number of methoxy groups -OCH3 is 1. The van der Waals surface area contributed by atoms with Crippen LogP contribution in [0.5, 0.6) is 5.88 Å². The van der Waals surface area contributed by atoms with E-state index in [4.69, 9.17) is 27.9 Å². The Morgan fingerprint density at radius 1 is 1.11 bits per heavy atom. The molecule has 96 valence electrons. The average Bonchev–Trinajstić information content (AvgIpc) is 2.82. The molecule has 0 N–H and O–H groups in total. The number of hydrogen-bond acceptors (Lipinski definition) is 4. The summed E-state index contributed by atoms with van der Waals surface area (Å²) in [6.07, 6.45) is 1.64. The van der Waals surface area contributed by atoms with Gasteiger partial charge >= 0.3 is 0 Å². The molecule has 0 fully saturated rings. The minimum absolute atomic E-state index is 0.111. The Bertz CT molecular complexity index is 739. The molecule has 19 heavy (non-hydrogen) atoms. The molecule has 3 aromatic rings. The Balaban J connectivity index is 2.25. The first-order valence-corrected chi connectivity index (χ1v) is 6.16. The van der Waals surface area contributed by atoms with Crippen LogP contribution >= 0.6 is 23.2 Å². The number of hydrogen-bond donors (Lipinski definition) is 0. The SMILES string of the molecule is COc1nc(Cl)nc2c1cnn2-c1ccc(Cl)cc1. The van der Waals surface area contributed by atoms with E-state index in [2.05, 4.69) is 15.1 Å². The van der Waals surface area contributed by atoms with Gasteiger partial charge < -0.3 is 4.74 Å². The Morgan fingerprint density at radius 2 is 1.84 bits per heavy atom. The third-order valence-electron chi connectivity index (χ3n) is 2.63. The first-order valence-electron chi connectivity index (χ1n) is 5.40. The summed E-state index contributed by atoms with van der Waals surface area (Å²) in [5, 5.41) is 5.74. The summed E-state index contributed by atoms with van der Waals surface area (Å²) in [5.41, 5.74) is 1.41. The van der Waals surface area contributed by atoms with Gasteiger partial charge in [-0.2, -0.15) is 15.1 Å². The molecule has 5 nitrogen and oxygen atoms in total. The van der Waals surface area contributed by atoms with Crippen molar-refractivity contribution in [2.45, 2.75) is 0 Å².